The average Bonchev–Trinajstić information content (AvgIpc) is 2.77. The molecule has 0 aliphatic carbocycles. The first-order valence-electron chi connectivity index (χ1n) is 6.02. The third kappa shape index (κ3) is 2.70. The predicted molar refractivity (Wildman–Crippen MR) is 66.3 cm³/mol. The van der Waals surface area contributed by atoms with Crippen LogP contribution in [0.25, 0.3) is 0 Å². The molecule has 0 N–H and O–H groups in total. The monoisotopic (exact) mass is 220 g/mol. The van der Waals surface area contributed by atoms with Gasteiger partial charge in [-0.3, -0.25) is 0 Å². The topological polar surface area (TPSA) is 9.23 Å². The molecular formula is C13H20OSi. The zero-order valence-electron chi connectivity index (χ0n) is 9.54. The lowest BCUT2D eigenvalue weighted by molar-refractivity contribution is 0.290. The van der Waals surface area contributed by atoms with Crippen LogP contribution < -0.4 is 0 Å². The van der Waals surface area contributed by atoms with Gasteiger partial charge in [0.15, 0.2) is 8.32 Å². The van der Waals surface area contributed by atoms with E-state index in [0.717, 1.165) is 6.61 Å². The van der Waals surface area contributed by atoms with Crippen molar-refractivity contribution in [1.29, 1.82) is 0 Å². The number of hydrogen-bond acceptors (Lipinski definition) is 1. The van der Waals surface area contributed by atoms with Gasteiger partial charge in [0, 0.05) is 0 Å². The van der Waals surface area contributed by atoms with Crippen LogP contribution in [0.2, 0.25) is 18.1 Å². The molecule has 0 unspecified atom stereocenters. The van der Waals surface area contributed by atoms with Crippen LogP contribution in [0.4, 0.5) is 0 Å². The Morgan fingerprint density at radius 2 is 1.80 bits per heavy atom. The van der Waals surface area contributed by atoms with Crippen molar-refractivity contribution in [3.63, 3.8) is 0 Å². The van der Waals surface area contributed by atoms with Crippen LogP contribution in [-0.4, -0.2) is 8.32 Å². The quantitative estimate of drug-likeness (QED) is 0.698. The molecule has 0 aromatic heterocycles. The van der Waals surface area contributed by atoms with Gasteiger partial charge in [-0.1, -0.05) is 50.1 Å². The van der Waals surface area contributed by atoms with Gasteiger partial charge in [-0.2, -0.15) is 0 Å². The SMILES string of the molecule is CC[Si]1(OCc2ccccc2)CCCC1. The van der Waals surface area contributed by atoms with E-state index in [0.29, 0.717) is 0 Å². The molecule has 1 aliphatic rings. The third-order valence-electron chi connectivity index (χ3n) is 3.55. The van der Waals surface area contributed by atoms with Crippen molar-refractivity contribution in [2.45, 2.75) is 44.5 Å². The maximum absolute atomic E-state index is 6.26. The standard InChI is InChI=1S/C13H20OSi/c1-2-15(10-6-7-11-15)14-12-13-8-4-3-5-9-13/h3-5,8-9H,2,6-7,10-12H2,1H3. The van der Waals surface area contributed by atoms with Crippen LogP contribution in [0.5, 0.6) is 0 Å². The molecule has 2 heteroatoms. The van der Waals surface area contributed by atoms with E-state index in [2.05, 4.69) is 37.3 Å². The van der Waals surface area contributed by atoms with Crippen LogP contribution >= 0.6 is 0 Å². The van der Waals surface area contributed by atoms with E-state index in [1.54, 1.807) is 0 Å². The summed E-state index contributed by atoms with van der Waals surface area (Å²) in [5, 5.41) is 0. The Labute approximate surface area is 93.6 Å². The Bertz CT molecular complexity index is 291. The Hall–Kier alpha value is -0.603. The Morgan fingerprint density at radius 3 is 2.40 bits per heavy atom. The van der Waals surface area contributed by atoms with Gasteiger partial charge >= 0.3 is 0 Å². The second kappa shape index (κ2) is 4.95. The number of rotatable bonds is 4. The van der Waals surface area contributed by atoms with Gasteiger partial charge in [0.25, 0.3) is 0 Å². The number of benzene rings is 1. The fraction of sp³-hybridized carbons (Fsp3) is 0.538. The minimum Gasteiger partial charge on any atom is -0.413 e. The first kappa shape index (κ1) is 10.9. The number of hydrogen-bond donors (Lipinski definition) is 0. The van der Waals surface area contributed by atoms with E-state index < -0.39 is 8.32 Å². The largest absolute Gasteiger partial charge is 0.413 e. The van der Waals surface area contributed by atoms with E-state index in [9.17, 15) is 0 Å². The van der Waals surface area contributed by atoms with E-state index in [1.165, 1.54) is 36.5 Å². The highest BCUT2D eigenvalue weighted by molar-refractivity contribution is 6.74. The minimum absolute atomic E-state index is 0.834. The summed E-state index contributed by atoms with van der Waals surface area (Å²) < 4.78 is 6.26. The summed E-state index contributed by atoms with van der Waals surface area (Å²) in [6, 6.07) is 14.6. The molecule has 0 spiro atoms. The van der Waals surface area contributed by atoms with Gasteiger partial charge in [-0.05, 0) is 23.7 Å². The molecular weight excluding hydrogens is 200 g/mol. The van der Waals surface area contributed by atoms with Gasteiger partial charge in [-0.15, -0.1) is 0 Å². The highest BCUT2D eigenvalue weighted by atomic mass is 28.4. The second-order valence-electron chi connectivity index (χ2n) is 4.52. The molecule has 15 heavy (non-hydrogen) atoms. The van der Waals surface area contributed by atoms with Gasteiger partial charge in [0.05, 0.1) is 6.61 Å². The van der Waals surface area contributed by atoms with Crippen molar-refractivity contribution in [2.24, 2.45) is 0 Å². The summed E-state index contributed by atoms with van der Waals surface area (Å²) in [5.41, 5.74) is 1.32. The third-order valence-corrected chi connectivity index (χ3v) is 8.12. The normalized spacial score (nSPS) is 19.3. The molecule has 1 heterocycles. The van der Waals surface area contributed by atoms with Crippen molar-refractivity contribution in [2.75, 3.05) is 0 Å². The molecule has 1 fully saturated rings. The van der Waals surface area contributed by atoms with Crippen molar-refractivity contribution in [3.8, 4) is 0 Å². The smallest absolute Gasteiger partial charge is 0.193 e. The lowest BCUT2D eigenvalue weighted by atomic mass is 10.2. The molecule has 82 valence electrons. The van der Waals surface area contributed by atoms with Crippen molar-refractivity contribution in [1.82, 2.24) is 0 Å². The maximum Gasteiger partial charge on any atom is 0.193 e. The van der Waals surface area contributed by atoms with Gasteiger partial charge in [0.2, 0.25) is 0 Å². The minimum atomic E-state index is -1.29. The van der Waals surface area contributed by atoms with Gasteiger partial charge in [0.1, 0.15) is 0 Å². The van der Waals surface area contributed by atoms with Crippen molar-refractivity contribution < 1.29 is 4.43 Å². The van der Waals surface area contributed by atoms with Gasteiger partial charge in [-0.25, -0.2) is 0 Å². The van der Waals surface area contributed by atoms with Crippen molar-refractivity contribution >= 4 is 8.32 Å². The predicted octanol–water partition coefficient (Wildman–Crippen LogP) is 3.96. The molecule has 2 rings (SSSR count). The fourth-order valence-electron chi connectivity index (χ4n) is 2.43. The zero-order chi connectivity index (χ0) is 10.6. The summed E-state index contributed by atoms with van der Waals surface area (Å²) in [6.45, 7) is 3.14. The summed E-state index contributed by atoms with van der Waals surface area (Å²) in [4.78, 5) is 0. The van der Waals surface area contributed by atoms with E-state index >= 15 is 0 Å². The first-order valence-corrected chi connectivity index (χ1v) is 8.55. The zero-order valence-corrected chi connectivity index (χ0v) is 10.5. The Kier molecular flexibility index (Phi) is 3.60. The maximum atomic E-state index is 6.26. The highest BCUT2D eigenvalue weighted by Crippen LogP contribution is 2.34. The Morgan fingerprint density at radius 1 is 1.13 bits per heavy atom. The lowest BCUT2D eigenvalue weighted by Crippen LogP contribution is -2.33. The first-order chi connectivity index (χ1) is 7.35. The lowest BCUT2D eigenvalue weighted by Gasteiger charge is -2.25. The van der Waals surface area contributed by atoms with E-state index in [1.807, 2.05) is 0 Å². The molecule has 1 aromatic rings. The average molecular weight is 220 g/mol. The summed E-state index contributed by atoms with van der Waals surface area (Å²) in [7, 11) is -1.29. The van der Waals surface area contributed by atoms with Crippen molar-refractivity contribution in [3.05, 3.63) is 35.9 Å². The molecule has 1 aromatic carbocycles. The summed E-state index contributed by atoms with van der Waals surface area (Å²) >= 11 is 0. The highest BCUT2D eigenvalue weighted by Gasteiger charge is 2.36. The fourth-order valence-corrected chi connectivity index (χ4v) is 6.14. The molecule has 0 radical (unpaired) electrons. The molecule has 1 aliphatic heterocycles. The van der Waals surface area contributed by atoms with Crippen LogP contribution in [0.1, 0.15) is 25.3 Å². The molecule has 0 amide bonds. The summed E-state index contributed by atoms with van der Waals surface area (Å²) in [6.07, 6.45) is 2.80. The van der Waals surface area contributed by atoms with Crippen LogP contribution in [0, 0.1) is 0 Å². The van der Waals surface area contributed by atoms with E-state index in [-0.39, 0.29) is 0 Å². The van der Waals surface area contributed by atoms with Gasteiger partial charge < -0.3 is 4.43 Å². The summed E-state index contributed by atoms with van der Waals surface area (Å²) in [5.74, 6) is 0. The second-order valence-corrected chi connectivity index (χ2v) is 8.88. The molecule has 1 nitrogen and oxygen atoms in total. The van der Waals surface area contributed by atoms with Crippen LogP contribution in [-0.2, 0) is 11.0 Å². The Balaban J connectivity index is 1.92. The molecule has 0 bridgehead atoms. The van der Waals surface area contributed by atoms with Crippen LogP contribution in [0.15, 0.2) is 30.3 Å². The molecule has 1 saturated heterocycles. The molecule has 0 atom stereocenters. The van der Waals surface area contributed by atoms with Crippen LogP contribution in [0.3, 0.4) is 0 Å². The molecule has 0 saturated carbocycles. The van der Waals surface area contributed by atoms with E-state index in [4.69, 9.17) is 4.43 Å².